The molecule has 3 aromatic rings. The lowest BCUT2D eigenvalue weighted by molar-refractivity contribution is -0.437. The number of aromatic nitrogens is 2. The summed E-state index contributed by atoms with van der Waals surface area (Å²) in [6, 6.07) is 17.5. The number of anilines is 1. The van der Waals surface area contributed by atoms with Gasteiger partial charge in [0.25, 0.3) is 5.56 Å². The maximum absolute atomic E-state index is 13.2. The summed E-state index contributed by atoms with van der Waals surface area (Å²) < 4.78 is 26.2. The Balaban J connectivity index is 1.06. The van der Waals surface area contributed by atoms with E-state index < -0.39 is 31.2 Å². The second-order valence-corrected chi connectivity index (χ2v) is 20.9. The van der Waals surface area contributed by atoms with Gasteiger partial charge in [0.1, 0.15) is 12.8 Å². The van der Waals surface area contributed by atoms with E-state index in [-0.39, 0.29) is 48.3 Å². The first-order valence-corrected chi connectivity index (χ1v) is 25.9. The lowest BCUT2D eigenvalue weighted by Gasteiger charge is -2.27. The normalized spacial score (nSPS) is 21.7. The van der Waals surface area contributed by atoms with Crippen molar-refractivity contribution in [3.63, 3.8) is 0 Å². The molecular weight excluding hydrogens is 864 g/mol. The largest absolute Gasteiger partial charge is 0.384 e. The number of ether oxygens (including phenoxy) is 1. The van der Waals surface area contributed by atoms with Crippen LogP contribution in [0.25, 0.3) is 0 Å². The predicted octanol–water partition coefficient (Wildman–Crippen LogP) is 8.19. The molecule has 356 valence electrons. The van der Waals surface area contributed by atoms with E-state index in [1.54, 1.807) is 0 Å². The van der Waals surface area contributed by atoms with Gasteiger partial charge in [-0.05, 0) is 81.2 Å². The number of fused-ring (bicyclic) bond motifs is 2. The summed E-state index contributed by atoms with van der Waals surface area (Å²) in [6.45, 7) is 17.1. The summed E-state index contributed by atoms with van der Waals surface area (Å²) in [4.78, 5) is 52.8. The standard InChI is InChI=1S/C53H67N6O7P/c1-8-33-57-43-22-12-10-20-41(43)52(3,4)45(57)27-24-37-18-16-19-38(25-28-46-53(5,6)42-21-11-13-23-44(42)58(46)34-9-2)49(37)55-32-30-47(60)54-31-15-14-17-39-35-59(51(62)56-50(39)61)48-29-26-40(66-48)36-65-67(7,63)64/h10-13,20-25,27-28,35,40,48H,8-9,16-19,26,29-34,36H2,1-7H3,(H3,54,56,60,61,62,63,64)/p+1/b37-24?,45-27-. The highest BCUT2D eigenvalue weighted by molar-refractivity contribution is 7.51. The van der Waals surface area contributed by atoms with Gasteiger partial charge in [0.2, 0.25) is 11.6 Å². The van der Waals surface area contributed by atoms with Gasteiger partial charge in [-0.3, -0.25) is 23.7 Å². The van der Waals surface area contributed by atoms with Crippen LogP contribution in [0.1, 0.15) is 116 Å². The van der Waals surface area contributed by atoms with E-state index in [0.717, 1.165) is 57.6 Å². The Kier molecular flexibility index (Phi) is 15.6. The number of carbonyl (C=O) groups is 1. The number of aromatic amines is 1. The van der Waals surface area contributed by atoms with Crippen LogP contribution < -0.4 is 26.8 Å². The Bertz CT molecular complexity index is 2740. The summed E-state index contributed by atoms with van der Waals surface area (Å²) in [5.41, 5.74) is 10.1. The molecule has 4 N–H and O–H groups in total. The third-order valence-corrected chi connectivity index (χ3v) is 13.9. The van der Waals surface area contributed by atoms with Crippen molar-refractivity contribution in [2.75, 3.05) is 44.4 Å². The van der Waals surface area contributed by atoms with Crippen LogP contribution in [-0.2, 0) is 35.9 Å². The first-order valence-electron chi connectivity index (χ1n) is 23.9. The third kappa shape index (κ3) is 11.3. The minimum Gasteiger partial charge on any atom is -0.384 e. The number of amides is 1. The number of carbonyl (C=O) groups excluding carboxylic acids is 1. The molecule has 2 aromatic carbocycles. The predicted molar refractivity (Wildman–Crippen MR) is 266 cm³/mol. The Morgan fingerprint density at radius 2 is 1.76 bits per heavy atom. The van der Waals surface area contributed by atoms with Crippen molar-refractivity contribution in [3.05, 3.63) is 139 Å². The van der Waals surface area contributed by atoms with Gasteiger partial charge in [0.05, 0.1) is 24.7 Å². The zero-order valence-corrected chi connectivity index (χ0v) is 41.1. The molecule has 13 nitrogen and oxygen atoms in total. The van der Waals surface area contributed by atoms with Crippen LogP contribution in [0.15, 0.2) is 111 Å². The molecular formula is C53H68N6O7P+. The van der Waals surface area contributed by atoms with Crippen LogP contribution in [-0.4, -0.2) is 76.2 Å². The Labute approximate surface area is 395 Å². The molecule has 3 atom stereocenters. The Morgan fingerprint density at radius 1 is 1.00 bits per heavy atom. The van der Waals surface area contributed by atoms with Crippen molar-refractivity contribution in [2.45, 2.75) is 122 Å². The van der Waals surface area contributed by atoms with Gasteiger partial charge in [-0.1, -0.05) is 88.1 Å². The van der Waals surface area contributed by atoms with Crippen molar-refractivity contribution in [2.24, 2.45) is 0 Å². The summed E-state index contributed by atoms with van der Waals surface area (Å²) in [5.74, 6) is 5.74. The fourth-order valence-electron chi connectivity index (χ4n) is 9.91. The van der Waals surface area contributed by atoms with Crippen LogP contribution in [0.5, 0.6) is 0 Å². The summed E-state index contributed by atoms with van der Waals surface area (Å²) in [7, 11) is -3.67. The number of rotatable bonds is 17. The molecule has 0 radical (unpaired) electrons. The zero-order valence-electron chi connectivity index (χ0n) is 40.2. The second kappa shape index (κ2) is 21.2. The van der Waals surface area contributed by atoms with Gasteiger partial charge >= 0.3 is 13.3 Å². The minimum atomic E-state index is -3.67. The second-order valence-electron chi connectivity index (χ2n) is 19.0. The van der Waals surface area contributed by atoms with Crippen molar-refractivity contribution < 1.29 is 28.1 Å². The molecule has 14 heteroatoms. The maximum Gasteiger partial charge on any atom is 0.330 e. The van der Waals surface area contributed by atoms with Gasteiger partial charge in [0, 0.05) is 91.0 Å². The van der Waals surface area contributed by atoms with Crippen LogP contribution in [0.3, 0.4) is 0 Å². The van der Waals surface area contributed by atoms with Crippen LogP contribution in [0, 0.1) is 11.8 Å². The van der Waals surface area contributed by atoms with E-state index in [9.17, 15) is 23.8 Å². The SMILES string of the molecule is CCCN1/C(=C\C=C2CCCC(/C=C/C3=[N+](CCC)c4ccccc4C3(C)C)=C2NCCC(=O)NCC#CCc2cn(C3CCC(COP(C)(=O)O)O3)c(=O)[nH]c2=O)C(C)(C)c2ccccc21. The summed E-state index contributed by atoms with van der Waals surface area (Å²) in [5, 5.41) is 6.62. The fraction of sp³-hybridized carbons (Fsp3) is 0.472. The van der Waals surface area contributed by atoms with E-state index in [0.29, 0.717) is 19.4 Å². The van der Waals surface area contributed by atoms with Crippen molar-refractivity contribution >= 4 is 30.6 Å². The van der Waals surface area contributed by atoms with E-state index in [1.807, 2.05) is 0 Å². The number of benzene rings is 2. The molecule has 7 rings (SSSR count). The quantitative estimate of drug-likeness (QED) is 0.0596. The molecule has 4 aliphatic rings. The number of nitrogens with zero attached hydrogens (tertiary/aromatic N) is 3. The number of allylic oxidation sites excluding steroid dienone is 7. The number of nitrogens with one attached hydrogen (secondary N) is 3. The number of para-hydroxylation sites is 2. The average Bonchev–Trinajstić information content (AvgIpc) is 3.91. The lowest BCUT2D eigenvalue weighted by atomic mass is 9.81. The first kappa shape index (κ1) is 49.4. The van der Waals surface area contributed by atoms with E-state index in [2.05, 4.69) is 151 Å². The molecule has 0 saturated carbocycles. The van der Waals surface area contributed by atoms with Crippen molar-refractivity contribution in [1.82, 2.24) is 20.2 Å². The Morgan fingerprint density at radius 3 is 2.52 bits per heavy atom. The lowest BCUT2D eigenvalue weighted by Crippen LogP contribution is -2.34. The number of hydrogen-bond acceptors (Lipinski definition) is 8. The molecule has 1 aromatic heterocycles. The molecule has 1 amide bonds. The van der Waals surface area contributed by atoms with E-state index in [1.165, 1.54) is 55.8 Å². The van der Waals surface area contributed by atoms with Gasteiger partial charge in [-0.2, -0.15) is 4.58 Å². The van der Waals surface area contributed by atoms with Crippen molar-refractivity contribution in [1.29, 1.82) is 0 Å². The molecule has 3 aliphatic heterocycles. The van der Waals surface area contributed by atoms with Crippen LogP contribution in [0.4, 0.5) is 11.4 Å². The highest BCUT2D eigenvalue weighted by atomic mass is 31.2. The van der Waals surface area contributed by atoms with Crippen LogP contribution in [0.2, 0.25) is 0 Å². The molecule has 0 bridgehead atoms. The minimum absolute atomic E-state index is 0.0592. The average molecular weight is 932 g/mol. The topological polar surface area (TPSA) is 158 Å². The van der Waals surface area contributed by atoms with Gasteiger partial charge in [-0.15, -0.1) is 0 Å². The molecule has 67 heavy (non-hydrogen) atoms. The molecule has 4 heterocycles. The highest BCUT2D eigenvalue weighted by Crippen LogP contribution is 2.48. The first-order chi connectivity index (χ1) is 32.0. The zero-order chi connectivity index (χ0) is 47.9. The van der Waals surface area contributed by atoms with Crippen molar-refractivity contribution in [3.8, 4) is 11.8 Å². The van der Waals surface area contributed by atoms with E-state index in [4.69, 9.17) is 9.26 Å². The summed E-state index contributed by atoms with van der Waals surface area (Å²) in [6.07, 6.45) is 15.8. The monoisotopic (exact) mass is 931 g/mol. The van der Waals surface area contributed by atoms with Crippen LogP contribution >= 0.6 is 7.60 Å². The smallest absolute Gasteiger partial charge is 0.330 e. The Hall–Kier alpha value is -5.51. The molecule has 1 saturated heterocycles. The molecule has 1 aliphatic carbocycles. The van der Waals surface area contributed by atoms with Gasteiger partial charge in [-0.25, -0.2) is 4.79 Å². The van der Waals surface area contributed by atoms with Gasteiger partial charge in [0.15, 0.2) is 5.71 Å². The van der Waals surface area contributed by atoms with Gasteiger partial charge < -0.3 is 29.7 Å². The van der Waals surface area contributed by atoms with E-state index >= 15 is 0 Å². The molecule has 0 spiro atoms. The fourth-order valence-corrected chi connectivity index (χ4v) is 10.4. The number of hydrogen-bond donors (Lipinski definition) is 4. The summed E-state index contributed by atoms with van der Waals surface area (Å²) >= 11 is 0. The molecule has 3 unspecified atom stereocenters. The third-order valence-electron chi connectivity index (χ3n) is 13.3. The number of H-pyrrole nitrogens is 1. The molecule has 1 fully saturated rings. The maximum atomic E-state index is 13.2. The highest BCUT2D eigenvalue weighted by Gasteiger charge is 2.44.